The van der Waals surface area contributed by atoms with Crippen LogP contribution in [-0.2, 0) is 20.9 Å². The highest BCUT2D eigenvalue weighted by molar-refractivity contribution is 6.04. The highest BCUT2D eigenvalue weighted by Crippen LogP contribution is 2.47. The molecule has 5 rings (SSSR count). The Kier molecular flexibility index (Phi) is 7.91. The van der Waals surface area contributed by atoms with Crippen molar-refractivity contribution in [1.82, 2.24) is 5.32 Å². The van der Waals surface area contributed by atoms with E-state index in [1.165, 1.54) is 7.11 Å². The first-order valence-corrected chi connectivity index (χ1v) is 13.2. The number of Topliss-reactive ketones (excluding diaryl/α,β-unsaturated/α-hetero) is 1. The second-order valence-electron chi connectivity index (χ2n) is 9.97. The Labute approximate surface area is 234 Å². The number of esters is 1. The minimum Gasteiger partial charge on any atom is -0.493 e. The summed E-state index contributed by atoms with van der Waals surface area (Å²) >= 11 is 0. The molecule has 1 aliphatic carbocycles. The molecule has 206 valence electrons. The first-order valence-electron chi connectivity index (χ1n) is 13.2. The van der Waals surface area contributed by atoms with Gasteiger partial charge in [0.2, 0.25) is 0 Å². The Morgan fingerprint density at radius 2 is 1.65 bits per heavy atom. The number of hydrogen-bond donors (Lipinski definition) is 1. The molecule has 2 aliphatic rings. The van der Waals surface area contributed by atoms with E-state index in [2.05, 4.69) is 5.32 Å². The summed E-state index contributed by atoms with van der Waals surface area (Å²) in [6.45, 7) is 2.26. The molecule has 0 bridgehead atoms. The van der Waals surface area contributed by atoms with Crippen LogP contribution in [0.4, 0.5) is 0 Å². The van der Waals surface area contributed by atoms with Crippen LogP contribution in [0.2, 0.25) is 0 Å². The van der Waals surface area contributed by atoms with Gasteiger partial charge in [-0.2, -0.15) is 0 Å². The molecule has 0 unspecified atom stereocenters. The first kappa shape index (κ1) is 27.1. The third-order valence-corrected chi connectivity index (χ3v) is 7.55. The molecule has 3 aromatic carbocycles. The molecule has 0 saturated carbocycles. The molecule has 1 heterocycles. The van der Waals surface area contributed by atoms with Crippen LogP contribution in [0.1, 0.15) is 48.3 Å². The third-order valence-electron chi connectivity index (χ3n) is 7.55. The lowest BCUT2D eigenvalue weighted by atomic mass is 9.71. The fourth-order valence-corrected chi connectivity index (χ4v) is 5.62. The van der Waals surface area contributed by atoms with Gasteiger partial charge in [-0.3, -0.25) is 4.79 Å². The molecule has 3 aromatic rings. The number of allylic oxidation sites excluding steroid dienone is 3. The summed E-state index contributed by atoms with van der Waals surface area (Å²) in [7, 11) is 4.56. The Bertz CT molecular complexity index is 1490. The molecular weight excluding hydrogens is 506 g/mol. The van der Waals surface area contributed by atoms with Crippen LogP contribution in [0.25, 0.3) is 0 Å². The number of methoxy groups -OCH3 is 3. The van der Waals surface area contributed by atoms with Gasteiger partial charge in [0.15, 0.2) is 17.3 Å². The van der Waals surface area contributed by atoms with Crippen LogP contribution in [0.3, 0.4) is 0 Å². The number of nitrogens with one attached hydrogen (secondary N) is 1. The zero-order chi connectivity index (χ0) is 28.2. The minimum absolute atomic E-state index is 0.0111. The predicted molar refractivity (Wildman–Crippen MR) is 151 cm³/mol. The standard InChI is InChI=1S/C33H33NO6/c1-20-30(33(36)39-4)31(23-11-8-12-25(15-23)40-19-21-9-6-5-7-10-21)32-26(34-20)16-24(17-27(32)35)22-13-14-28(37-2)29(18-22)38-3/h5-15,18,24,31,34H,16-17,19H2,1-4H3/t24-,31-/m0/s1. The molecule has 0 amide bonds. The van der Waals surface area contributed by atoms with E-state index in [0.717, 1.165) is 22.4 Å². The van der Waals surface area contributed by atoms with E-state index in [1.54, 1.807) is 14.2 Å². The van der Waals surface area contributed by atoms with Gasteiger partial charge in [0, 0.05) is 29.3 Å². The monoisotopic (exact) mass is 539 g/mol. The van der Waals surface area contributed by atoms with E-state index >= 15 is 0 Å². The molecule has 40 heavy (non-hydrogen) atoms. The summed E-state index contributed by atoms with van der Waals surface area (Å²) in [6.07, 6.45) is 0.924. The maximum absolute atomic E-state index is 13.9. The fourth-order valence-electron chi connectivity index (χ4n) is 5.62. The number of rotatable bonds is 8. The highest BCUT2D eigenvalue weighted by atomic mass is 16.5. The lowest BCUT2D eigenvalue weighted by Crippen LogP contribution is -2.36. The van der Waals surface area contributed by atoms with Crippen molar-refractivity contribution in [2.75, 3.05) is 21.3 Å². The van der Waals surface area contributed by atoms with E-state index in [0.29, 0.717) is 53.5 Å². The largest absolute Gasteiger partial charge is 0.493 e. The molecule has 2 atom stereocenters. The average molecular weight is 540 g/mol. The van der Waals surface area contributed by atoms with E-state index in [9.17, 15) is 9.59 Å². The van der Waals surface area contributed by atoms with Crippen molar-refractivity contribution in [2.24, 2.45) is 0 Å². The smallest absolute Gasteiger partial charge is 0.336 e. The van der Waals surface area contributed by atoms with Crippen molar-refractivity contribution in [3.63, 3.8) is 0 Å². The van der Waals surface area contributed by atoms with Gasteiger partial charge >= 0.3 is 5.97 Å². The lowest BCUT2D eigenvalue weighted by molar-refractivity contribution is -0.136. The Morgan fingerprint density at radius 1 is 0.875 bits per heavy atom. The maximum Gasteiger partial charge on any atom is 0.336 e. The zero-order valence-electron chi connectivity index (χ0n) is 23.2. The maximum atomic E-state index is 13.9. The van der Waals surface area contributed by atoms with Gasteiger partial charge in [0.1, 0.15) is 12.4 Å². The zero-order valence-corrected chi connectivity index (χ0v) is 23.2. The molecule has 1 N–H and O–H groups in total. The van der Waals surface area contributed by atoms with Gasteiger partial charge in [-0.05, 0) is 60.2 Å². The van der Waals surface area contributed by atoms with Gasteiger partial charge in [0.25, 0.3) is 0 Å². The van der Waals surface area contributed by atoms with E-state index in [-0.39, 0.29) is 11.7 Å². The quantitative estimate of drug-likeness (QED) is 0.361. The third kappa shape index (κ3) is 5.32. The fraction of sp³-hybridized carbons (Fsp3) is 0.273. The molecule has 0 radical (unpaired) electrons. The topological polar surface area (TPSA) is 83.1 Å². The number of hydrogen-bond acceptors (Lipinski definition) is 7. The second kappa shape index (κ2) is 11.7. The number of ketones is 1. The van der Waals surface area contributed by atoms with Crippen molar-refractivity contribution in [3.8, 4) is 17.2 Å². The van der Waals surface area contributed by atoms with E-state index in [4.69, 9.17) is 18.9 Å². The highest BCUT2D eigenvalue weighted by Gasteiger charge is 2.41. The van der Waals surface area contributed by atoms with Crippen molar-refractivity contribution in [2.45, 2.75) is 38.2 Å². The molecular formula is C33H33NO6. The van der Waals surface area contributed by atoms with Crippen LogP contribution < -0.4 is 19.5 Å². The van der Waals surface area contributed by atoms with Gasteiger partial charge in [-0.25, -0.2) is 4.79 Å². The van der Waals surface area contributed by atoms with E-state index < -0.39 is 11.9 Å². The van der Waals surface area contributed by atoms with Crippen LogP contribution >= 0.6 is 0 Å². The average Bonchev–Trinajstić information content (AvgIpc) is 2.99. The summed E-state index contributed by atoms with van der Waals surface area (Å²) < 4.78 is 22.1. The Balaban J connectivity index is 1.51. The number of ether oxygens (including phenoxy) is 4. The lowest BCUT2D eigenvalue weighted by Gasteiger charge is -2.36. The van der Waals surface area contributed by atoms with Crippen LogP contribution in [0, 0.1) is 0 Å². The molecule has 0 spiro atoms. The van der Waals surface area contributed by atoms with Crippen LogP contribution in [-0.4, -0.2) is 33.1 Å². The van der Waals surface area contributed by atoms with Gasteiger partial charge in [-0.15, -0.1) is 0 Å². The van der Waals surface area contributed by atoms with Crippen molar-refractivity contribution in [1.29, 1.82) is 0 Å². The van der Waals surface area contributed by atoms with Gasteiger partial charge in [-0.1, -0.05) is 48.5 Å². The predicted octanol–water partition coefficient (Wildman–Crippen LogP) is 5.82. The number of benzene rings is 3. The van der Waals surface area contributed by atoms with Crippen molar-refractivity contribution in [3.05, 3.63) is 112 Å². The SMILES string of the molecule is COC(=O)C1=C(C)NC2=C(C(=O)C[C@@H](c3ccc(OC)c(OC)c3)C2)[C@H]1c1cccc(OCc2ccccc2)c1. The molecule has 0 aromatic heterocycles. The summed E-state index contributed by atoms with van der Waals surface area (Å²) in [4.78, 5) is 26.9. The van der Waals surface area contributed by atoms with Gasteiger partial charge < -0.3 is 24.3 Å². The molecule has 0 saturated heterocycles. The van der Waals surface area contributed by atoms with Crippen LogP contribution in [0.5, 0.6) is 17.2 Å². The van der Waals surface area contributed by atoms with Crippen LogP contribution in [0.15, 0.2) is 95.3 Å². The molecule has 1 aliphatic heterocycles. The summed E-state index contributed by atoms with van der Waals surface area (Å²) in [5, 5.41) is 3.38. The number of carbonyl (C=O) groups is 2. The van der Waals surface area contributed by atoms with E-state index in [1.807, 2.05) is 79.7 Å². The normalized spacial score (nSPS) is 18.6. The minimum atomic E-state index is -0.567. The molecule has 0 fully saturated rings. The Hall–Kier alpha value is -4.52. The first-order chi connectivity index (χ1) is 19.4. The molecule has 7 heteroatoms. The summed E-state index contributed by atoms with van der Waals surface area (Å²) in [5.74, 6) is 0.832. The summed E-state index contributed by atoms with van der Waals surface area (Å²) in [6, 6.07) is 23.3. The number of dihydropyridines is 1. The number of carbonyl (C=O) groups excluding carboxylic acids is 2. The second-order valence-corrected chi connectivity index (χ2v) is 9.97. The molecule has 7 nitrogen and oxygen atoms in total. The van der Waals surface area contributed by atoms with Crippen molar-refractivity contribution < 1.29 is 28.5 Å². The summed E-state index contributed by atoms with van der Waals surface area (Å²) in [5.41, 5.74) is 5.37. The van der Waals surface area contributed by atoms with Crippen molar-refractivity contribution >= 4 is 11.8 Å². The Morgan fingerprint density at radius 3 is 2.38 bits per heavy atom. The van der Waals surface area contributed by atoms with Gasteiger partial charge in [0.05, 0.1) is 26.9 Å².